The Hall–Kier alpha value is -0.0200. The van der Waals surface area contributed by atoms with Crippen LogP contribution in [0.2, 0.25) is 5.02 Å². The number of thiophene rings is 1. The van der Waals surface area contributed by atoms with E-state index in [0.29, 0.717) is 5.02 Å². The standard InChI is InChI=1S/C13H11BrCl2S/c1-2-9-4-6-12(17-9)13(16)8-3-5-10(14)11(15)7-8/h3-7,13H,2H2,1H3. The van der Waals surface area contributed by atoms with Crippen molar-refractivity contribution >= 4 is 50.5 Å². The molecule has 17 heavy (non-hydrogen) atoms. The highest BCUT2D eigenvalue weighted by Crippen LogP contribution is 2.36. The van der Waals surface area contributed by atoms with Crippen LogP contribution < -0.4 is 0 Å². The summed E-state index contributed by atoms with van der Waals surface area (Å²) >= 11 is 17.7. The Morgan fingerprint density at radius 1 is 1.29 bits per heavy atom. The summed E-state index contributed by atoms with van der Waals surface area (Å²) in [6.07, 6.45) is 1.05. The molecule has 0 N–H and O–H groups in total. The van der Waals surface area contributed by atoms with Crippen LogP contribution in [0, 0.1) is 0 Å². The molecule has 0 aliphatic carbocycles. The lowest BCUT2D eigenvalue weighted by atomic mass is 10.1. The largest absolute Gasteiger partial charge is 0.143 e. The van der Waals surface area contributed by atoms with Gasteiger partial charge in [-0.15, -0.1) is 22.9 Å². The van der Waals surface area contributed by atoms with Crippen molar-refractivity contribution in [3.63, 3.8) is 0 Å². The zero-order chi connectivity index (χ0) is 12.4. The molecule has 0 fully saturated rings. The summed E-state index contributed by atoms with van der Waals surface area (Å²) in [5, 5.41) is 0.575. The molecule has 1 aromatic carbocycles. The Morgan fingerprint density at radius 3 is 2.65 bits per heavy atom. The highest BCUT2D eigenvalue weighted by molar-refractivity contribution is 9.10. The van der Waals surface area contributed by atoms with Gasteiger partial charge in [0, 0.05) is 14.2 Å². The predicted octanol–water partition coefficient (Wildman–Crippen LogP) is 6.05. The van der Waals surface area contributed by atoms with Crippen molar-refractivity contribution in [2.75, 3.05) is 0 Å². The number of hydrogen-bond acceptors (Lipinski definition) is 1. The normalized spacial score (nSPS) is 12.7. The third kappa shape index (κ3) is 3.05. The lowest BCUT2D eigenvalue weighted by Gasteiger charge is -2.08. The Balaban J connectivity index is 2.29. The molecule has 90 valence electrons. The van der Waals surface area contributed by atoms with Crippen molar-refractivity contribution < 1.29 is 0 Å². The van der Waals surface area contributed by atoms with Gasteiger partial charge in [0.1, 0.15) is 0 Å². The maximum atomic E-state index is 6.46. The van der Waals surface area contributed by atoms with E-state index in [9.17, 15) is 0 Å². The predicted molar refractivity (Wildman–Crippen MR) is 80.5 cm³/mol. The molecular formula is C13H11BrCl2S. The molecule has 0 radical (unpaired) electrons. The van der Waals surface area contributed by atoms with Crippen molar-refractivity contribution in [2.45, 2.75) is 18.7 Å². The summed E-state index contributed by atoms with van der Waals surface area (Å²) in [5.41, 5.74) is 1.03. The molecular weight excluding hydrogens is 339 g/mol. The first kappa shape index (κ1) is 13.4. The minimum absolute atomic E-state index is 0.120. The number of alkyl halides is 1. The van der Waals surface area contributed by atoms with E-state index < -0.39 is 0 Å². The van der Waals surface area contributed by atoms with Crippen molar-refractivity contribution in [1.82, 2.24) is 0 Å². The van der Waals surface area contributed by atoms with Crippen LogP contribution in [-0.4, -0.2) is 0 Å². The van der Waals surface area contributed by atoms with E-state index in [2.05, 4.69) is 35.0 Å². The molecule has 0 amide bonds. The molecule has 4 heteroatoms. The molecule has 2 rings (SSSR count). The molecule has 0 spiro atoms. The van der Waals surface area contributed by atoms with Crippen LogP contribution in [0.1, 0.15) is 27.6 Å². The molecule has 0 saturated carbocycles. The lowest BCUT2D eigenvalue weighted by molar-refractivity contribution is 1.18. The molecule has 0 aliphatic rings. The summed E-state index contributed by atoms with van der Waals surface area (Å²) in [6.45, 7) is 2.15. The molecule has 1 aromatic heterocycles. The quantitative estimate of drug-likeness (QED) is 0.591. The molecule has 1 heterocycles. The summed E-state index contributed by atoms with van der Waals surface area (Å²) < 4.78 is 0.896. The van der Waals surface area contributed by atoms with Crippen molar-refractivity contribution in [3.8, 4) is 0 Å². The van der Waals surface area contributed by atoms with Crippen molar-refractivity contribution in [3.05, 3.63) is 55.1 Å². The van der Waals surface area contributed by atoms with E-state index in [0.717, 1.165) is 16.5 Å². The van der Waals surface area contributed by atoms with Gasteiger partial charge in [-0.25, -0.2) is 0 Å². The first-order valence-electron chi connectivity index (χ1n) is 5.29. The Kier molecular flexibility index (Phi) is 4.53. The minimum Gasteiger partial charge on any atom is -0.143 e. The van der Waals surface area contributed by atoms with Crippen LogP contribution in [-0.2, 0) is 6.42 Å². The summed E-state index contributed by atoms with van der Waals surface area (Å²) in [6, 6.07) is 10.1. The fourth-order valence-corrected chi connectivity index (χ4v) is 3.29. The first-order chi connectivity index (χ1) is 8.11. The van der Waals surface area contributed by atoms with Crippen LogP contribution in [0.3, 0.4) is 0 Å². The molecule has 0 nitrogen and oxygen atoms in total. The van der Waals surface area contributed by atoms with E-state index >= 15 is 0 Å². The average Bonchev–Trinajstić information content (AvgIpc) is 2.80. The van der Waals surface area contributed by atoms with E-state index in [1.807, 2.05) is 18.2 Å². The zero-order valence-corrected chi connectivity index (χ0v) is 13.1. The van der Waals surface area contributed by atoms with Crippen LogP contribution in [0.25, 0.3) is 0 Å². The average molecular weight is 350 g/mol. The van der Waals surface area contributed by atoms with Gasteiger partial charge in [-0.1, -0.05) is 24.6 Å². The Bertz CT molecular complexity index is 522. The molecule has 0 bridgehead atoms. The molecule has 0 saturated heterocycles. The van der Waals surface area contributed by atoms with Crippen molar-refractivity contribution in [2.24, 2.45) is 0 Å². The second-order valence-corrected chi connectivity index (χ2v) is 6.59. The van der Waals surface area contributed by atoms with Crippen LogP contribution in [0.5, 0.6) is 0 Å². The second-order valence-electron chi connectivity index (χ2n) is 3.69. The van der Waals surface area contributed by atoms with E-state index in [-0.39, 0.29) is 5.38 Å². The Labute approximate surface area is 124 Å². The second kappa shape index (κ2) is 5.75. The van der Waals surface area contributed by atoms with Gasteiger partial charge in [0.25, 0.3) is 0 Å². The van der Waals surface area contributed by atoms with Gasteiger partial charge in [-0.2, -0.15) is 0 Å². The van der Waals surface area contributed by atoms with Gasteiger partial charge in [0.15, 0.2) is 0 Å². The molecule has 2 aromatic rings. The van der Waals surface area contributed by atoms with Gasteiger partial charge in [-0.3, -0.25) is 0 Å². The van der Waals surface area contributed by atoms with Gasteiger partial charge in [0.2, 0.25) is 0 Å². The topological polar surface area (TPSA) is 0 Å². The van der Waals surface area contributed by atoms with E-state index in [1.54, 1.807) is 11.3 Å². The monoisotopic (exact) mass is 348 g/mol. The zero-order valence-electron chi connectivity index (χ0n) is 9.21. The SMILES string of the molecule is CCc1ccc(C(Cl)c2ccc(Br)c(Cl)c2)s1. The molecule has 0 aliphatic heterocycles. The highest BCUT2D eigenvalue weighted by atomic mass is 79.9. The third-order valence-corrected chi connectivity index (χ3v) is 5.66. The van der Waals surface area contributed by atoms with Gasteiger partial charge >= 0.3 is 0 Å². The van der Waals surface area contributed by atoms with Gasteiger partial charge in [-0.05, 0) is 52.2 Å². The molecule has 1 unspecified atom stereocenters. The van der Waals surface area contributed by atoms with Gasteiger partial charge in [0.05, 0.1) is 10.4 Å². The lowest BCUT2D eigenvalue weighted by Crippen LogP contribution is -1.89. The maximum absolute atomic E-state index is 6.46. The number of halogens is 3. The number of rotatable bonds is 3. The maximum Gasteiger partial charge on any atom is 0.0928 e. The smallest absolute Gasteiger partial charge is 0.0928 e. The van der Waals surface area contributed by atoms with Crippen LogP contribution >= 0.6 is 50.5 Å². The van der Waals surface area contributed by atoms with Crippen molar-refractivity contribution in [1.29, 1.82) is 0 Å². The summed E-state index contributed by atoms with van der Waals surface area (Å²) in [4.78, 5) is 2.52. The Morgan fingerprint density at radius 2 is 2.06 bits per heavy atom. The van der Waals surface area contributed by atoms with E-state index in [4.69, 9.17) is 23.2 Å². The highest BCUT2D eigenvalue weighted by Gasteiger charge is 2.14. The number of benzene rings is 1. The summed E-state index contributed by atoms with van der Waals surface area (Å²) in [5.74, 6) is 0. The third-order valence-electron chi connectivity index (χ3n) is 2.52. The fraction of sp³-hybridized carbons (Fsp3) is 0.231. The number of hydrogen-bond donors (Lipinski definition) is 0. The fourth-order valence-electron chi connectivity index (χ4n) is 1.56. The first-order valence-corrected chi connectivity index (χ1v) is 7.72. The van der Waals surface area contributed by atoms with Crippen LogP contribution in [0.15, 0.2) is 34.8 Å². The van der Waals surface area contributed by atoms with Gasteiger partial charge < -0.3 is 0 Å². The number of aryl methyl sites for hydroxylation is 1. The van der Waals surface area contributed by atoms with E-state index in [1.165, 1.54) is 9.75 Å². The minimum atomic E-state index is -0.120. The summed E-state index contributed by atoms with van der Waals surface area (Å²) in [7, 11) is 0. The molecule has 1 atom stereocenters. The van der Waals surface area contributed by atoms with Crippen LogP contribution in [0.4, 0.5) is 0 Å².